The first kappa shape index (κ1) is 19.0. The van der Waals surface area contributed by atoms with Crippen LogP contribution in [0.25, 0.3) is 0 Å². The Morgan fingerprint density at radius 2 is 2.00 bits per heavy atom. The third kappa shape index (κ3) is 4.68. The number of carbonyl (C=O) groups is 3. The van der Waals surface area contributed by atoms with Crippen molar-refractivity contribution in [3.05, 3.63) is 53.6 Å². The van der Waals surface area contributed by atoms with E-state index in [4.69, 9.17) is 4.74 Å². The minimum atomic E-state index is -0.158. The Balaban J connectivity index is 1.54. The van der Waals surface area contributed by atoms with E-state index >= 15 is 0 Å². The molecule has 27 heavy (non-hydrogen) atoms. The highest BCUT2D eigenvalue weighted by Crippen LogP contribution is 2.32. The van der Waals surface area contributed by atoms with Gasteiger partial charge in [-0.15, -0.1) is 11.8 Å². The normalized spacial score (nSPS) is 13.0. The molecular formula is C20H20N2O4S. The molecule has 7 heteroatoms. The molecule has 0 fully saturated rings. The average molecular weight is 384 g/mol. The van der Waals surface area contributed by atoms with Crippen LogP contribution in [0.3, 0.4) is 0 Å². The van der Waals surface area contributed by atoms with Gasteiger partial charge in [0.25, 0.3) is 5.91 Å². The van der Waals surface area contributed by atoms with E-state index in [2.05, 4.69) is 5.32 Å². The zero-order valence-electron chi connectivity index (χ0n) is 15.2. The number of likely N-dealkylation sites (N-methyl/N-ethyl adjacent to an activating group) is 1. The smallest absolute Gasteiger partial charge is 0.264 e. The lowest BCUT2D eigenvalue weighted by Crippen LogP contribution is -2.35. The molecular weight excluding hydrogens is 364 g/mol. The summed E-state index contributed by atoms with van der Waals surface area (Å²) < 4.78 is 5.36. The molecule has 2 aromatic carbocycles. The van der Waals surface area contributed by atoms with Crippen LogP contribution in [0.5, 0.6) is 5.75 Å². The molecule has 1 aliphatic rings. The maximum atomic E-state index is 12.4. The van der Waals surface area contributed by atoms with Crippen molar-refractivity contribution in [2.45, 2.75) is 6.92 Å². The van der Waals surface area contributed by atoms with Crippen molar-refractivity contribution in [3.8, 4) is 5.75 Å². The third-order valence-electron chi connectivity index (χ3n) is 4.14. The van der Waals surface area contributed by atoms with E-state index in [-0.39, 0.29) is 35.7 Å². The predicted octanol–water partition coefficient (Wildman–Crippen LogP) is 2.90. The number of anilines is 2. The van der Waals surface area contributed by atoms with Crippen LogP contribution in [0.2, 0.25) is 0 Å². The second-order valence-electron chi connectivity index (χ2n) is 6.26. The SMILES string of the molecule is Cc1cccc(NC(=O)CSCC(=O)c2ccc3c(c2)N(C)C(=O)CO3)c1. The molecule has 1 heterocycles. The van der Waals surface area contributed by atoms with Gasteiger partial charge in [-0.3, -0.25) is 14.4 Å². The number of thioether (sulfide) groups is 1. The number of aryl methyl sites for hydroxylation is 1. The number of ether oxygens (including phenoxy) is 1. The summed E-state index contributed by atoms with van der Waals surface area (Å²) in [5.74, 6) is 0.540. The maximum absolute atomic E-state index is 12.4. The highest BCUT2D eigenvalue weighted by molar-refractivity contribution is 8.00. The van der Waals surface area contributed by atoms with Gasteiger partial charge in [0.1, 0.15) is 5.75 Å². The number of hydrogen-bond donors (Lipinski definition) is 1. The summed E-state index contributed by atoms with van der Waals surface area (Å²) in [6, 6.07) is 12.6. The van der Waals surface area contributed by atoms with Gasteiger partial charge in [0.2, 0.25) is 5.91 Å². The molecule has 1 N–H and O–H groups in total. The van der Waals surface area contributed by atoms with Crippen LogP contribution in [0.4, 0.5) is 11.4 Å². The summed E-state index contributed by atoms with van der Waals surface area (Å²) in [6.07, 6.45) is 0. The molecule has 0 bridgehead atoms. The van der Waals surface area contributed by atoms with Crippen molar-refractivity contribution >= 4 is 40.7 Å². The predicted molar refractivity (Wildman–Crippen MR) is 107 cm³/mol. The maximum Gasteiger partial charge on any atom is 0.264 e. The quantitative estimate of drug-likeness (QED) is 0.775. The van der Waals surface area contributed by atoms with Crippen molar-refractivity contribution in [1.82, 2.24) is 0 Å². The number of amides is 2. The zero-order chi connectivity index (χ0) is 19.4. The van der Waals surface area contributed by atoms with Gasteiger partial charge in [-0.1, -0.05) is 12.1 Å². The van der Waals surface area contributed by atoms with E-state index in [1.165, 1.54) is 16.7 Å². The van der Waals surface area contributed by atoms with E-state index in [0.29, 0.717) is 17.0 Å². The van der Waals surface area contributed by atoms with Crippen molar-refractivity contribution in [2.24, 2.45) is 0 Å². The minimum absolute atomic E-state index is 0.00267. The number of hydrogen-bond acceptors (Lipinski definition) is 5. The van der Waals surface area contributed by atoms with Gasteiger partial charge in [-0.25, -0.2) is 0 Å². The number of ketones is 1. The van der Waals surface area contributed by atoms with Crippen molar-refractivity contribution in [2.75, 3.05) is 35.4 Å². The molecule has 0 aliphatic carbocycles. The van der Waals surface area contributed by atoms with Crippen LogP contribution in [-0.4, -0.2) is 42.8 Å². The van der Waals surface area contributed by atoms with Gasteiger partial charge in [-0.2, -0.15) is 0 Å². The Bertz CT molecular complexity index is 897. The standard InChI is InChI=1S/C20H20N2O4S/c1-13-4-3-5-15(8-13)21-19(24)12-27-11-17(23)14-6-7-18-16(9-14)22(2)20(25)10-26-18/h3-9H,10-12H2,1-2H3,(H,21,24). The van der Waals surface area contributed by atoms with Crippen LogP contribution < -0.4 is 15.0 Å². The summed E-state index contributed by atoms with van der Waals surface area (Å²) in [7, 11) is 1.66. The number of Topliss-reactive ketones (excluding diaryl/α,β-unsaturated/α-hetero) is 1. The molecule has 6 nitrogen and oxygen atoms in total. The number of nitrogens with zero attached hydrogens (tertiary/aromatic N) is 1. The number of rotatable bonds is 6. The monoisotopic (exact) mass is 384 g/mol. The molecule has 0 atom stereocenters. The van der Waals surface area contributed by atoms with E-state index in [9.17, 15) is 14.4 Å². The fourth-order valence-corrected chi connectivity index (χ4v) is 3.40. The molecule has 2 amide bonds. The molecule has 0 spiro atoms. The topological polar surface area (TPSA) is 75.7 Å². The first-order chi connectivity index (χ1) is 12.9. The molecule has 140 valence electrons. The van der Waals surface area contributed by atoms with E-state index in [0.717, 1.165) is 11.3 Å². The van der Waals surface area contributed by atoms with Crippen LogP contribution in [-0.2, 0) is 9.59 Å². The fourth-order valence-electron chi connectivity index (χ4n) is 2.69. The van der Waals surface area contributed by atoms with Crippen LogP contribution in [0, 0.1) is 6.92 Å². The lowest BCUT2D eigenvalue weighted by Gasteiger charge is -2.26. The van der Waals surface area contributed by atoms with Gasteiger partial charge >= 0.3 is 0 Å². The Labute approximate surface area is 161 Å². The van der Waals surface area contributed by atoms with Crippen LogP contribution in [0.15, 0.2) is 42.5 Å². The second kappa shape index (κ2) is 8.26. The molecule has 0 radical (unpaired) electrons. The largest absolute Gasteiger partial charge is 0.482 e. The summed E-state index contributed by atoms with van der Waals surface area (Å²) in [5.41, 5.74) is 2.88. The summed E-state index contributed by atoms with van der Waals surface area (Å²) in [4.78, 5) is 37.6. The summed E-state index contributed by atoms with van der Waals surface area (Å²) >= 11 is 1.25. The number of fused-ring (bicyclic) bond motifs is 1. The van der Waals surface area contributed by atoms with E-state index < -0.39 is 0 Å². The molecule has 0 saturated carbocycles. The van der Waals surface area contributed by atoms with Crippen LogP contribution in [0.1, 0.15) is 15.9 Å². The molecule has 3 rings (SSSR count). The zero-order valence-corrected chi connectivity index (χ0v) is 16.0. The van der Waals surface area contributed by atoms with E-state index in [1.807, 2.05) is 31.2 Å². The third-order valence-corrected chi connectivity index (χ3v) is 5.07. The van der Waals surface area contributed by atoms with Gasteiger partial charge in [-0.05, 0) is 42.8 Å². The van der Waals surface area contributed by atoms with Gasteiger partial charge < -0.3 is 15.0 Å². The Morgan fingerprint density at radius 1 is 1.19 bits per heavy atom. The van der Waals surface area contributed by atoms with Gasteiger partial charge in [0, 0.05) is 18.3 Å². The summed E-state index contributed by atoms with van der Waals surface area (Å²) in [5, 5.41) is 2.82. The van der Waals surface area contributed by atoms with Gasteiger partial charge in [0.05, 0.1) is 17.2 Å². The molecule has 2 aromatic rings. The number of benzene rings is 2. The number of carbonyl (C=O) groups excluding carboxylic acids is 3. The van der Waals surface area contributed by atoms with E-state index in [1.54, 1.807) is 25.2 Å². The molecule has 1 aliphatic heterocycles. The van der Waals surface area contributed by atoms with Crippen molar-refractivity contribution in [3.63, 3.8) is 0 Å². The highest BCUT2D eigenvalue weighted by atomic mass is 32.2. The van der Waals surface area contributed by atoms with Crippen molar-refractivity contribution < 1.29 is 19.1 Å². The number of nitrogens with one attached hydrogen (secondary N) is 1. The fraction of sp³-hybridized carbons (Fsp3) is 0.250. The lowest BCUT2D eigenvalue weighted by molar-refractivity contribution is -0.121. The lowest BCUT2D eigenvalue weighted by atomic mass is 10.1. The van der Waals surface area contributed by atoms with Gasteiger partial charge in [0.15, 0.2) is 12.4 Å². The second-order valence-corrected chi connectivity index (χ2v) is 7.24. The first-order valence-corrected chi connectivity index (χ1v) is 9.60. The molecule has 0 aromatic heterocycles. The Hall–Kier alpha value is -2.80. The molecule has 0 unspecified atom stereocenters. The Morgan fingerprint density at radius 3 is 2.78 bits per heavy atom. The minimum Gasteiger partial charge on any atom is -0.482 e. The van der Waals surface area contributed by atoms with Crippen molar-refractivity contribution in [1.29, 1.82) is 0 Å². The highest BCUT2D eigenvalue weighted by Gasteiger charge is 2.23. The Kier molecular flexibility index (Phi) is 5.81. The van der Waals surface area contributed by atoms with Crippen LogP contribution >= 0.6 is 11.8 Å². The first-order valence-electron chi connectivity index (χ1n) is 8.45. The average Bonchev–Trinajstić information content (AvgIpc) is 2.64. The summed E-state index contributed by atoms with van der Waals surface area (Å²) in [6.45, 7) is 1.96. The molecule has 0 saturated heterocycles.